The summed E-state index contributed by atoms with van der Waals surface area (Å²) in [6.07, 6.45) is 0.151. The van der Waals surface area contributed by atoms with Crippen molar-refractivity contribution in [3.8, 4) is 0 Å². The van der Waals surface area contributed by atoms with Crippen molar-refractivity contribution in [2.45, 2.75) is 46.3 Å². The molecule has 0 radical (unpaired) electrons. The monoisotopic (exact) mass is 203 g/mol. The number of hydrogen-bond acceptors (Lipinski definition) is 3. The highest BCUT2D eigenvalue weighted by Gasteiger charge is 2.13. The molecule has 2 N–H and O–H groups in total. The average Bonchev–Trinajstić information content (AvgIpc) is 2.01. The molecule has 0 fully saturated rings. The Morgan fingerprint density at radius 3 is 2.07 bits per heavy atom. The molecule has 0 aliphatic rings. The Morgan fingerprint density at radius 1 is 1.14 bits per heavy atom. The van der Waals surface area contributed by atoms with Crippen LogP contribution in [0.4, 0.5) is 0 Å². The minimum atomic E-state index is -0.0839. The molecule has 0 bridgehead atoms. The molecule has 0 aliphatic carbocycles. The lowest BCUT2D eigenvalue weighted by atomic mass is 10.1. The second kappa shape index (κ2) is 6.38. The van der Waals surface area contributed by atoms with E-state index >= 15 is 0 Å². The molecule has 0 amide bonds. The molecule has 0 rings (SSSR count). The molecule has 0 aromatic heterocycles. The molecule has 0 saturated heterocycles. The molecule has 0 aliphatic heterocycles. The molecule has 0 saturated carbocycles. The van der Waals surface area contributed by atoms with Gasteiger partial charge in [0.2, 0.25) is 0 Å². The van der Waals surface area contributed by atoms with Crippen LogP contribution in [0.15, 0.2) is 0 Å². The molecule has 0 spiro atoms. The molecule has 86 valence electrons. The lowest BCUT2D eigenvalue weighted by Crippen LogP contribution is -2.31. The third-order valence-corrected chi connectivity index (χ3v) is 1.93. The first-order chi connectivity index (χ1) is 6.37. The van der Waals surface area contributed by atoms with E-state index in [0.29, 0.717) is 25.7 Å². The first-order valence-corrected chi connectivity index (χ1v) is 5.32. The second-order valence-corrected chi connectivity index (χ2v) is 4.85. The van der Waals surface area contributed by atoms with E-state index in [-0.39, 0.29) is 11.7 Å². The van der Waals surface area contributed by atoms with Crippen LogP contribution in [-0.4, -0.2) is 31.5 Å². The van der Waals surface area contributed by atoms with Crippen LogP contribution in [0.2, 0.25) is 0 Å². The van der Waals surface area contributed by atoms with Crippen LogP contribution >= 0.6 is 0 Å². The highest BCUT2D eigenvalue weighted by molar-refractivity contribution is 4.63. The van der Waals surface area contributed by atoms with E-state index in [1.54, 1.807) is 0 Å². The number of ether oxygens (including phenoxy) is 2. The third-order valence-electron chi connectivity index (χ3n) is 1.93. The molecule has 3 heteroatoms. The molecule has 3 nitrogen and oxygen atoms in total. The van der Waals surface area contributed by atoms with Crippen molar-refractivity contribution < 1.29 is 9.47 Å². The van der Waals surface area contributed by atoms with Crippen molar-refractivity contribution in [2.75, 3.05) is 19.8 Å². The van der Waals surface area contributed by atoms with E-state index in [1.807, 2.05) is 20.8 Å². The summed E-state index contributed by atoms with van der Waals surface area (Å²) in [5, 5.41) is 0. The smallest absolute Gasteiger partial charge is 0.0721 e. The van der Waals surface area contributed by atoms with E-state index in [1.165, 1.54) is 0 Å². The van der Waals surface area contributed by atoms with Crippen LogP contribution < -0.4 is 5.73 Å². The third kappa shape index (κ3) is 7.30. The Hall–Kier alpha value is -0.120. The molecule has 0 aromatic rings. The molecule has 0 heterocycles. The summed E-state index contributed by atoms with van der Waals surface area (Å²) in [5.41, 5.74) is 5.49. The first kappa shape index (κ1) is 13.9. The van der Waals surface area contributed by atoms with Gasteiger partial charge in [-0.2, -0.15) is 0 Å². The molecule has 1 atom stereocenters. The van der Waals surface area contributed by atoms with Gasteiger partial charge in [-0.15, -0.1) is 0 Å². The van der Waals surface area contributed by atoms with Crippen LogP contribution in [0.1, 0.15) is 34.6 Å². The van der Waals surface area contributed by atoms with Gasteiger partial charge in [0.1, 0.15) is 0 Å². The maximum Gasteiger partial charge on any atom is 0.0721 e. The lowest BCUT2D eigenvalue weighted by Gasteiger charge is -2.22. The summed E-state index contributed by atoms with van der Waals surface area (Å²) in [6, 6.07) is 0. The lowest BCUT2D eigenvalue weighted by molar-refractivity contribution is -0.0578. The van der Waals surface area contributed by atoms with Gasteiger partial charge in [0, 0.05) is 6.54 Å². The van der Waals surface area contributed by atoms with Gasteiger partial charge in [-0.1, -0.05) is 13.8 Å². The van der Waals surface area contributed by atoms with E-state index in [9.17, 15) is 0 Å². The predicted molar refractivity (Wildman–Crippen MR) is 59.3 cm³/mol. The van der Waals surface area contributed by atoms with Gasteiger partial charge in [-0.05, 0) is 26.7 Å². The summed E-state index contributed by atoms with van der Waals surface area (Å²) in [4.78, 5) is 0. The summed E-state index contributed by atoms with van der Waals surface area (Å²) < 4.78 is 11.1. The van der Waals surface area contributed by atoms with E-state index in [2.05, 4.69) is 13.8 Å². The fourth-order valence-corrected chi connectivity index (χ4v) is 1.08. The van der Waals surface area contributed by atoms with Crippen molar-refractivity contribution in [1.82, 2.24) is 0 Å². The van der Waals surface area contributed by atoms with Crippen LogP contribution in [0.5, 0.6) is 0 Å². The van der Waals surface area contributed by atoms with Gasteiger partial charge in [0.15, 0.2) is 0 Å². The molecule has 14 heavy (non-hydrogen) atoms. The zero-order valence-corrected chi connectivity index (χ0v) is 10.2. The van der Waals surface area contributed by atoms with Crippen molar-refractivity contribution >= 4 is 0 Å². The first-order valence-electron chi connectivity index (χ1n) is 5.32. The van der Waals surface area contributed by atoms with Crippen LogP contribution in [-0.2, 0) is 9.47 Å². The van der Waals surface area contributed by atoms with Gasteiger partial charge >= 0.3 is 0 Å². The van der Waals surface area contributed by atoms with Crippen molar-refractivity contribution in [3.05, 3.63) is 0 Å². The molecule has 0 aromatic carbocycles. The number of rotatable bonds is 6. The summed E-state index contributed by atoms with van der Waals surface area (Å²) in [7, 11) is 0. The van der Waals surface area contributed by atoms with Gasteiger partial charge in [-0.25, -0.2) is 0 Å². The zero-order valence-electron chi connectivity index (χ0n) is 10.2. The largest absolute Gasteiger partial charge is 0.374 e. The van der Waals surface area contributed by atoms with Gasteiger partial charge < -0.3 is 15.2 Å². The Labute approximate surface area is 88.0 Å². The topological polar surface area (TPSA) is 44.5 Å². The van der Waals surface area contributed by atoms with Gasteiger partial charge in [0.05, 0.1) is 24.9 Å². The fraction of sp³-hybridized carbons (Fsp3) is 1.00. The normalized spacial score (nSPS) is 14.8. The van der Waals surface area contributed by atoms with E-state index < -0.39 is 0 Å². The standard InChI is InChI=1S/C11H25NO2/c1-9(2)10(8-12)13-6-7-14-11(3,4)5/h9-10H,6-8,12H2,1-5H3. The van der Waals surface area contributed by atoms with Crippen LogP contribution in [0, 0.1) is 5.92 Å². The minimum Gasteiger partial charge on any atom is -0.374 e. The van der Waals surface area contributed by atoms with Gasteiger partial charge in [-0.3, -0.25) is 0 Å². The number of nitrogens with two attached hydrogens (primary N) is 1. The fourth-order valence-electron chi connectivity index (χ4n) is 1.08. The Kier molecular flexibility index (Phi) is 6.33. The quantitative estimate of drug-likeness (QED) is 0.669. The maximum absolute atomic E-state index is 5.60. The Bertz CT molecular complexity index is 141. The summed E-state index contributed by atoms with van der Waals surface area (Å²) in [6.45, 7) is 12.2. The van der Waals surface area contributed by atoms with E-state index in [0.717, 1.165) is 0 Å². The molecule has 1 unspecified atom stereocenters. The molecular formula is C11H25NO2. The average molecular weight is 203 g/mol. The zero-order chi connectivity index (χ0) is 11.2. The Morgan fingerprint density at radius 2 is 1.71 bits per heavy atom. The highest BCUT2D eigenvalue weighted by atomic mass is 16.5. The number of hydrogen-bond donors (Lipinski definition) is 1. The van der Waals surface area contributed by atoms with Crippen LogP contribution in [0.25, 0.3) is 0 Å². The van der Waals surface area contributed by atoms with E-state index in [4.69, 9.17) is 15.2 Å². The summed E-state index contributed by atoms with van der Waals surface area (Å²) >= 11 is 0. The van der Waals surface area contributed by atoms with Crippen LogP contribution in [0.3, 0.4) is 0 Å². The SMILES string of the molecule is CC(C)C(CN)OCCOC(C)(C)C. The maximum atomic E-state index is 5.60. The van der Waals surface area contributed by atoms with Crippen molar-refractivity contribution in [2.24, 2.45) is 11.7 Å². The highest BCUT2D eigenvalue weighted by Crippen LogP contribution is 2.08. The molecular weight excluding hydrogens is 178 g/mol. The minimum absolute atomic E-state index is 0.0839. The summed E-state index contributed by atoms with van der Waals surface area (Å²) in [5.74, 6) is 0.467. The Balaban J connectivity index is 3.52. The van der Waals surface area contributed by atoms with Crippen molar-refractivity contribution in [1.29, 1.82) is 0 Å². The van der Waals surface area contributed by atoms with Gasteiger partial charge in [0.25, 0.3) is 0 Å². The predicted octanol–water partition coefficient (Wildman–Crippen LogP) is 1.80. The van der Waals surface area contributed by atoms with Crippen molar-refractivity contribution in [3.63, 3.8) is 0 Å². The second-order valence-electron chi connectivity index (χ2n) is 4.85.